The maximum absolute atomic E-state index is 12.7. The quantitative estimate of drug-likeness (QED) is 0.349. The molecule has 0 bridgehead atoms. The number of nitrogens with zero attached hydrogens (tertiary/aromatic N) is 3. The van der Waals surface area contributed by atoms with Crippen LogP contribution in [0.4, 0.5) is 11.5 Å². The minimum atomic E-state index is -0.885. The largest absolute Gasteiger partial charge is 0.388 e. The molecule has 32 heavy (non-hydrogen) atoms. The topological polar surface area (TPSA) is 79.3 Å². The summed E-state index contributed by atoms with van der Waals surface area (Å²) in [5.41, 5.74) is 4.95. The second kappa shape index (κ2) is 12.6. The van der Waals surface area contributed by atoms with Crippen LogP contribution in [-0.2, 0) is 24.5 Å². The van der Waals surface area contributed by atoms with Gasteiger partial charge in [0, 0.05) is 45.7 Å². The second-order valence-electron chi connectivity index (χ2n) is 7.74. The molecule has 7 nitrogen and oxygen atoms in total. The van der Waals surface area contributed by atoms with Gasteiger partial charge in [0.1, 0.15) is 5.82 Å². The van der Waals surface area contributed by atoms with Crippen molar-refractivity contribution in [3.05, 3.63) is 46.7 Å². The van der Waals surface area contributed by atoms with Gasteiger partial charge in [-0.2, -0.15) is 5.10 Å². The van der Waals surface area contributed by atoms with E-state index in [0.29, 0.717) is 11.4 Å². The van der Waals surface area contributed by atoms with E-state index in [0.717, 1.165) is 49.4 Å². The summed E-state index contributed by atoms with van der Waals surface area (Å²) < 4.78 is 16.0. The number of anilines is 2. The van der Waals surface area contributed by atoms with E-state index >= 15 is 0 Å². The van der Waals surface area contributed by atoms with Gasteiger partial charge >= 0.3 is 0 Å². The van der Waals surface area contributed by atoms with E-state index in [1.807, 2.05) is 13.1 Å². The first kappa shape index (κ1) is 25.8. The van der Waals surface area contributed by atoms with Crippen molar-refractivity contribution in [2.24, 2.45) is 7.05 Å². The molecule has 1 atom stereocenters. The molecule has 0 aliphatic carbocycles. The van der Waals surface area contributed by atoms with Crippen LogP contribution in [0.25, 0.3) is 6.08 Å². The molecule has 0 saturated carbocycles. The molecule has 0 saturated heterocycles. The number of rotatable bonds is 13. The highest BCUT2D eigenvalue weighted by Gasteiger charge is 2.14. The number of hydrogen-bond donors (Lipinski definition) is 2. The van der Waals surface area contributed by atoms with Gasteiger partial charge in [-0.15, -0.1) is 0 Å². The highest BCUT2D eigenvalue weighted by Crippen LogP contribution is 2.24. The Kier molecular flexibility index (Phi) is 10.1. The minimum absolute atomic E-state index is 0.0917. The van der Waals surface area contributed by atoms with Crippen LogP contribution in [0.1, 0.15) is 53.7 Å². The average molecular weight is 460 g/mol. The second-order valence-corrected chi connectivity index (χ2v) is 9.31. The maximum atomic E-state index is 12.7. The molecule has 0 fully saturated rings. The van der Waals surface area contributed by atoms with E-state index in [1.54, 1.807) is 31.1 Å². The Balaban J connectivity index is 2.11. The molecule has 2 rings (SSSR count). The van der Waals surface area contributed by atoms with Gasteiger partial charge in [0.15, 0.2) is 5.78 Å². The predicted octanol–water partition coefficient (Wildman–Crippen LogP) is 4.04. The Bertz CT molecular complexity index is 968. The van der Waals surface area contributed by atoms with Crippen LogP contribution in [0.5, 0.6) is 0 Å². The standard InChI is InChI=1S/C24H37N5O2S/c1-7-14-32(31)29(8-2)13-9-10-19-16-22(25-4)20(15-18(19)3)11-12-23(30)21-17-27-28(6)24(21)26-5/h11-12,15-17,25-26H,7-10,13-14H2,1-6H3/b12-11+. The number of carbonyl (C=O) groups excluding carboxylic acids is 1. The number of carbonyl (C=O) groups is 1. The van der Waals surface area contributed by atoms with E-state index in [2.05, 4.69) is 52.9 Å². The number of benzene rings is 1. The van der Waals surface area contributed by atoms with Gasteiger partial charge in [-0.1, -0.05) is 13.8 Å². The molecule has 0 spiro atoms. The van der Waals surface area contributed by atoms with Crippen LogP contribution in [0.2, 0.25) is 0 Å². The van der Waals surface area contributed by atoms with E-state index in [9.17, 15) is 9.00 Å². The molecule has 0 aliphatic rings. The van der Waals surface area contributed by atoms with Crippen molar-refractivity contribution in [3.63, 3.8) is 0 Å². The van der Waals surface area contributed by atoms with E-state index in [4.69, 9.17) is 0 Å². The normalized spacial score (nSPS) is 12.5. The van der Waals surface area contributed by atoms with Crippen molar-refractivity contribution >= 4 is 34.4 Å². The van der Waals surface area contributed by atoms with Crippen molar-refractivity contribution in [2.45, 2.75) is 40.0 Å². The minimum Gasteiger partial charge on any atom is -0.388 e. The van der Waals surface area contributed by atoms with E-state index in [-0.39, 0.29) is 5.78 Å². The van der Waals surface area contributed by atoms with E-state index < -0.39 is 11.0 Å². The summed E-state index contributed by atoms with van der Waals surface area (Å²) in [4.78, 5) is 12.7. The molecule has 2 aromatic rings. The van der Waals surface area contributed by atoms with Crippen molar-refractivity contribution in [2.75, 3.05) is 43.6 Å². The lowest BCUT2D eigenvalue weighted by Gasteiger charge is -2.19. The first-order chi connectivity index (χ1) is 15.4. The zero-order valence-corrected chi connectivity index (χ0v) is 21.0. The summed E-state index contributed by atoms with van der Waals surface area (Å²) in [7, 11) is 4.58. The zero-order chi connectivity index (χ0) is 23.7. The van der Waals surface area contributed by atoms with Crippen LogP contribution >= 0.6 is 0 Å². The van der Waals surface area contributed by atoms with Crippen molar-refractivity contribution in [1.29, 1.82) is 0 Å². The number of nitrogens with one attached hydrogen (secondary N) is 2. The zero-order valence-electron chi connectivity index (χ0n) is 20.2. The lowest BCUT2D eigenvalue weighted by Crippen LogP contribution is -2.28. The highest BCUT2D eigenvalue weighted by molar-refractivity contribution is 7.82. The average Bonchev–Trinajstić information content (AvgIpc) is 3.16. The molecule has 1 aromatic heterocycles. The third-order valence-corrected chi connectivity index (χ3v) is 7.28. The molecule has 2 N–H and O–H groups in total. The van der Waals surface area contributed by atoms with Crippen LogP contribution in [0.3, 0.4) is 0 Å². The van der Waals surface area contributed by atoms with Gasteiger partial charge in [-0.3, -0.25) is 9.48 Å². The van der Waals surface area contributed by atoms with Crippen molar-refractivity contribution < 1.29 is 9.00 Å². The Morgan fingerprint density at radius 2 is 2.00 bits per heavy atom. The summed E-state index contributed by atoms with van der Waals surface area (Å²) >= 11 is 0. The van der Waals surface area contributed by atoms with Crippen molar-refractivity contribution in [3.8, 4) is 0 Å². The number of aromatic nitrogens is 2. The highest BCUT2D eigenvalue weighted by atomic mass is 32.2. The van der Waals surface area contributed by atoms with Gasteiger partial charge in [-0.25, -0.2) is 8.51 Å². The van der Waals surface area contributed by atoms with Gasteiger partial charge in [0.25, 0.3) is 0 Å². The number of aryl methyl sites for hydroxylation is 3. The fourth-order valence-corrected chi connectivity index (χ4v) is 4.95. The summed E-state index contributed by atoms with van der Waals surface area (Å²) in [5.74, 6) is 1.33. The first-order valence-electron chi connectivity index (χ1n) is 11.2. The maximum Gasteiger partial charge on any atom is 0.191 e. The molecule has 0 amide bonds. The first-order valence-corrected chi connectivity index (χ1v) is 12.5. The fraction of sp³-hybridized carbons (Fsp3) is 0.500. The SMILES string of the molecule is CCCS(=O)N(CC)CCCc1cc(NC)c(/C=C/C(=O)c2cnn(C)c2NC)cc1C. The van der Waals surface area contributed by atoms with Crippen LogP contribution < -0.4 is 10.6 Å². The number of hydrogen-bond acceptors (Lipinski definition) is 5. The van der Waals surface area contributed by atoms with Gasteiger partial charge in [-0.05, 0) is 67.2 Å². The molecule has 0 aliphatic heterocycles. The molecular weight excluding hydrogens is 422 g/mol. The molecular formula is C24H37N5O2S. The predicted molar refractivity (Wildman–Crippen MR) is 136 cm³/mol. The van der Waals surface area contributed by atoms with Crippen LogP contribution in [0, 0.1) is 6.92 Å². The van der Waals surface area contributed by atoms with Crippen LogP contribution in [-0.4, -0.2) is 57.0 Å². The Morgan fingerprint density at radius 3 is 2.62 bits per heavy atom. The van der Waals surface area contributed by atoms with Crippen LogP contribution in [0.15, 0.2) is 24.4 Å². The summed E-state index contributed by atoms with van der Waals surface area (Å²) in [6.07, 6.45) is 7.83. The third kappa shape index (κ3) is 6.53. The number of allylic oxidation sites excluding steroid dienone is 1. The Labute approximate surface area is 194 Å². The summed E-state index contributed by atoms with van der Waals surface area (Å²) in [6.45, 7) is 7.85. The fourth-order valence-electron chi connectivity index (χ4n) is 3.72. The lowest BCUT2D eigenvalue weighted by atomic mass is 9.98. The van der Waals surface area contributed by atoms with E-state index in [1.165, 1.54) is 11.1 Å². The van der Waals surface area contributed by atoms with Gasteiger partial charge < -0.3 is 10.6 Å². The Morgan fingerprint density at radius 1 is 1.25 bits per heavy atom. The summed E-state index contributed by atoms with van der Waals surface area (Å²) in [5, 5.41) is 10.4. The third-order valence-electron chi connectivity index (χ3n) is 5.51. The smallest absolute Gasteiger partial charge is 0.191 e. The monoisotopic (exact) mass is 459 g/mol. The molecule has 0 radical (unpaired) electrons. The van der Waals surface area contributed by atoms with Gasteiger partial charge in [0.05, 0.1) is 22.7 Å². The van der Waals surface area contributed by atoms with Crippen molar-refractivity contribution in [1.82, 2.24) is 14.1 Å². The van der Waals surface area contributed by atoms with Gasteiger partial charge in [0.2, 0.25) is 0 Å². The molecule has 8 heteroatoms. The Hall–Kier alpha value is -2.45. The molecule has 1 heterocycles. The number of ketones is 1. The lowest BCUT2D eigenvalue weighted by molar-refractivity contribution is 0.104. The molecule has 1 aromatic carbocycles. The summed E-state index contributed by atoms with van der Waals surface area (Å²) in [6, 6.07) is 4.27. The molecule has 1 unspecified atom stereocenters. The molecule has 176 valence electrons.